The summed E-state index contributed by atoms with van der Waals surface area (Å²) in [7, 11) is 0. The van der Waals surface area contributed by atoms with E-state index in [9.17, 15) is 14.4 Å². The van der Waals surface area contributed by atoms with Crippen LogP contribution in [0.15, 0.2) is 60.8 Å². The molecule has 0 fully saturated rings. The SMILES string of the molecule is CC/C=C\C/C=C\C/C=C\C/C=C\C/C=C\CCCCCC(=O)OCC(COC(=O)CCCCCCCCCCCC)OC(=O)CCCCCCCCCCCCCCC. The van der Waals surface area contributed by atoms with Gasteiger partial charge in [0.1, 0.15) is 13.2 Å². The predicted molar refractivity (Wildman–Crippen MR) is 256 cm³/mol. The highest BCUT2D eigenvalue weighted by Gasteiger charge is 2.19. The average Bonchev–Trinajstić information content (AvgIpc) is 3.24. The van der Waals surface area contributed by atoms with Crippen LogP contribution in [0.5, 0.6) is 0 Å². The van der Waals surface area contributed by atoms with Crippen LogP contribution in [-0.2, 0) is 28.6 Å². The van der Waals surface area contributed by atoms with Crippen molar-refractivity contribution in [2.24, 2.45) is 0 Å². The van der Waals surface area contributed by atoms with Crippen LogP contribution in [0, 0.1) is 0 Å². The highest BCUT2D eigenvalue weighted by Crippen LogP contribution is 2.15. The Balaban J connectivity index is 4.39. The molecule has 0 aromatic rings. The van der Waals surface area contributed by atoms with Crippen molar-refractivity contribution in [1.82, 2.24) is 0 Å². The molecule has 0 saturated carbocycles. The van der Waals surface area contributed by atoms with Crippen molar-refractivity contribution in [1.29, 1.82) is 0 Å². The molecule has 0 spiro atoms. The minimum absolute atomic E-state index is 0.0819. The summed E-state index contributed by atoms with van der Waals surface area (Å²) in [6.45, 7) is 6.49. The van der Waals surface area contributed by atoms with E-state index >= 15 is 0 Å². The molecule has 0 rings (SSSR count). The van der Waals surface area contributed by atoms with Crippen LogP contribution in [0.4, 0.5) is 0 Å². The van der Waals surface area contributed by atoms with Gasteiger partial charge in [-0.3, -0.25) is 14.4 Å². The molecule has 0 radical (unpaired) electrons. The predicted octanol–water partition coefficient (Wildman–Crippen LogP) is 16.5. The number of esters is 3. The van der Waals surface area contributed by atoms with Gasteiger partial charge in [0, 0.05) is 19.3 Å². The second-order valence-electron chi connectivity index (χ2n) is 16.7. The number of hydrogen-bond donors (Lipinski definition) is 0. The molecule has 0 aliphatic heterocycles. The van der Waals surface area contributed by atoms with E-state index < -0.39 is 6.10 Å². The van der Waals surface area contributed by atoms with Crippen molar-refractivity contribution < 1.29 is 28.6 Å². The first-order valence-corrected chi connectivity index (χ1v) is 25.3. The first-order chi connectivity index (χ1) is 29.5. The molecule has 0 heterocycles. The van der Waals surface area contributed by atoms with Gasteiger partial charge in [-0.1, -0.05) is 223 Å². The summed E-state index contributed by atoms with van der Waals surface area (Å²) in [5, 5.41) is 0. The Morgan fingerprint density at radius 3 is 1.02 bits per heavy atom. The molecule has 0 saturated heterocycles. The van der Waals surface area contributed by atoms with Gasteiger partial charge in [-0.2, -0.15) is 0 Å². The van der Waals surface area contributed by atoms with E-state index in [1.807, 2.05) is 0 Å². The van der Waals surface area contributed by atoms with Gasteiger partial charge in [0.2, 0.25) is 0 Å². The van der Waals surface area contributed by atoms with Crippen LogP contribution in [0.1, 0.15) is 245 Å². The van der Waals surface area contributed by atoms with Gasteiger partial charge in [-0.25, -0.2) is 0 Å². The van der Waals surface area contributed by atoms with Crippen molar-refractivity contribution in [3.8, 4) is 0 Å². The van der Waals surface area contributed by atoms with Gasteiger partial charge in [-0.15, -0.1) is 0 Å². The summed E-state index contributed by atoms with van der Waals surface area (Å²) in [6.07, 6.45) is 59.2. The molecule has 0 N–H and O–H groups in total. The van der Waals surface area contributed by atoms with Crippen molar-refractivity contribution in [2.75, 3.05) is 13.2 Å². The Morgan fingerprint density at radius 2 is 0.650 bits per heavy atom. The molecule has 6 heteroatoms. The summed E-state index contributed by atoms with van der Waals surface area (Å²) in [5.74, 6) is -0.912. The maximum atomic E-state index is 12.8. The first-order valence-electron chi connectivity index (χ1n) is 25.3. The van der Waals surface area contributed by atoms with Gasteiger partial charge in [-0.05, 0) is 64.2 Å². The summed E-state index contributed by atoms with van der Waals surface area (Å²) < 4.78 is 16.7. The van der Waals surface area contributed by atoms with E-state index in [-0.39, 0.29) is 31.1 Å². The standard InChI is InChI=1S/C54H94O6/c1-4-7-10-13-16-19-22-24-25-26-27-28-29-31-32-35-38-41-44-47-53(56)59-50-51(49-58-52(55)46-43-40-37-34-21-18-15-12-9-6-3)60-54(57)48-45-42-39-36-33-30-23-20-17-14-11-8-5-2/h7,10,16,19,24-25,27-28,31-32,51H,4-6,8-9,11-15,17-18,20-23,26,29-30,33-50H2,1-3H3/b10-7-,19-16-,25-24-,28-27-,32-31-. The van der Waals surface area contributed by atoms with Crippen LogP contribution >= 0.6 is 0 Å². The van der Waals surface area contributed by atoms with E-state index in [1.165, 1.54) is 109 Å². The van der Waals surface area contributed by atoms with Crippen molar-refractivity contribution >= 4 is 17.9 Å². The molecule has 0 aliphatic carbocycles. The Bertz CT molecular complexity index is 1100. The van der Waals surface area contributed by atoms with Crippen LogP contribution < -0.4 is 0 Å². The van der Waals surface area contributed by atoms with Crippen molar-refractivity contribution in [3.63, 3.8) is 0 Å². The largest absolute Gasteiger partial charge is 0.462 e. The smallest absolute Gasteiger partial charge is 0.306 e. The monoisotopic (exact) mass is 839 g/mol. The zero-order chi connectivity index (χ0) is 43.7. The Labute approximate surface area is 370 Å². The third kappa shape index (κ3) is 46.2. The molecule has 6 nitrogen and oxygen atoms in total. The van der Waals surface area contributed by atoms with E-state index in [4.69, 9.17) is 14.2 Å². The molecular weight excluding hydrogens is 745 g/mol. The van der Waals surface area contributed by atoms with Gasteiger partial charge < -0.3 is 14.2 Å². The van der Waals surface area contributed by atoms with Crippen LogP contribution in [0.25, 0.3) is 0 Å². The van der Waals surface area contributed by atoms with Crippen LogP contribution in [0.2, 0.25) is 0 Å². The average molecular weight is 839 g/mol. The molecule has 1 unspecified atom stereocenters. The second-order valence-corrected chi connectivity index (χ2v) is 16.7. The molecule has 0 aromatic carbocycles. The minimum atomic E-state index is -0.782. The number of allylic oxidation sites excluding steroid dienone is 10. The summed E-state index contributed by atoms with van der Waals surface area (Å²) in [4.78, 5) is 37.9. The van der Waals surface area contributed by atoms with Crippen LogP contribution in [0.3, 0.4) is 0 Å². The van der Waals surface area contributed by atoms with Gasteiger partial charge in [0.25, 0.3) is 0 Å². The maximum absolute atomic E-state index is 12.8. The second kappa shape index (κ2) is 48.8. The first kappa shape index (κ1) is 57.1. The third-order valence-electron chi connectivity index (χ3n) is 10.8. The third-order valence-corrected chi connectivity index (χ3v) is 10.8. The zero-order valence-corrected chi connectivity index (χ0v) is 39.5. The lowest BCUT2D eigenvalue weighted by atomic mass is 10.0. The maximum Gasteiger partial charge on any atom is 0.306 e. The normalized spacial score (nSPS) is 12.5. The van der Waals surface area contributed by atoms with Crippen molar-refractivity contribution in [2.45, 2.75) is 252 Å². The molecule has 346 valence electrons. The Kier molecular flexibility index (Phi) is 46.4. The molecule has 0 aliphatic rings. The zero-order valence-electron chi connectivity index (χ0n) is 39.5. The van der Waals surface area contributed by atoms with E-state index in [2.05, 4.69) is 81.5 Å². The molecule has 1 atom stereocenters. The number of carbonyl (C=O) groups excluding carboxylic acids is 3. The molecule has 0 aromatic heterocycles. The van der Waals surface area contributed by atoms with Gasteiger partial charge in [0.05, 0.1) is 0 Å². The van der Waals surface area contributed by atoms with Crippen LogP contribution in [-0.4, -0.2) is 37.2 Å². The fourth-order valence-corrected chi connectivity index (χ4v) is 7.00. The van der Waals surface area contributed by atoms with Gasteiger partial charge in [0.15, 0.2) is 6.10 Å². The quantitative estimate of drug-likeness (QED) is 0.0263. The topological polar surface area (TPSA) is 78.9 Å². The Hall–Kier alpha value is -2.89. The molecule has 60 heavy (non-hydrogen) atoms. The minimum Gasteiger partial charge on any atom is -0.462 e. The lowest BCUT2D eigenvalue weighted by Gasteiger charge is -2.18. The number of hydrogen-bond acceptors (Lipinski definition) is 6. The highest BCUT2D eigenvalue weighted by atomic mass is 16.6. The highest BCUT2D eigenvalue weighted by molar-refractivity contribution is 5.71. The fourth-order valence-electron chi connectivity index (χ4n) is 7.00. The molecular formula is C54H94O6. The summed E-state index contributed by atoms with van der Waals surface area (Å²) in [6, 6.07) is 0. The van der Waals surface area contributed by atoms with E-state index in [0.717, 1.165) is 96.3 Å². The fraction of sp³-hybridized carbons (Fsp3) is 0.759. The lowest BCUT2D eigenvalue weighted by Crippen LogP contribution is -2.30. The van der Waals surface area contributed by atoms with Crippen molar-refractivity contribution in [3.05, 3.63) is 60.8 Å². The number of ether oxygens (including phenoxy) is 3. The number of unbranched alkanes of at least 4 members (excludes halogenated alkanes) is 24. The van der Waals surface area contributed by atoms with Gasteiger partial charge >= 0.3 is 17.9 Å². The van der Waals surface area contributed by atoms with E-state index in [1.54, 1.807) is 0 Å². The summed E-state index contributed by atoms with van der Waals surface area (Å²) >= 11 is 0. The number of rotatable bonds is 45. The lowest BCUT2D eigenvalue weighted by molar-refractivity contribution is -0.167. The number of carbonyl (C=O) groups is 3. The Morgan fingerprint density at radius 1 is 0.350 bits per heavy atom. The van der Waals surface area contributed by atoms with E-state index in [0.29, 0.717) is 19.3 Å². The molecule has 0 bridgehead atoms. The molecule has 0 amide bonds. The summed E-state index contributed by atoms with van der Waals surface area (Å²) in [5.41, 5.74) is 0.